The Hall–Kier alpha value is -4.79. The first-order valence-electron chi connectivity index (χ1n) is 15.2. The van der Waals surface area contributed by atoms with E-state index in [2.05, 4.69) is 20.7 Å². The third-order valence-electron chi connectivity index (χ3n) is 8.09. The number of carbonyl (C=O) groups excluding carboxylic acids is 2. The van der Waals surface area contributed by atoms with Crippen molar-refractivity contribution in [2.75, 3.05) is 32.1 Å². The summed E-state index contributed by atoms with van der Waals surface area (Å²) in [5.74, 6) is -4.02. The van der Waals surface area contributed by atoms with Gasteiger partial charge in [-0.3, -0.25) is 9.59 Å². The predicted molar refractivity (Wildman–Crippen MR) is 162 cm³/mol. The maximum atomic E-state index is 14.4. The number of hydrogen-bond donors (Lipinski definition) is 3. The van der Waals surface area contributed by atoms with Crippen molar-refractivity contribution in [3.05, 3.63) is 94.1 Å². The molecule has 2 aromatic carbocycles. The van der Waals surface area contributed by atoms with Crippen LogP contribution >= 0.6 is 0 Å². The summed E-state index contributed by atoms with van der Waals surface area (Å²) in [6, 6.07) is 6.51. The molecule has 2 heterocycles. The number of ether oxygens (including phenoxy) is 1. The van der Waals surface area contributed by atoms with Crippen molar-refractivity contribution in [1.82, 2.24) is 10.3 Å². The van der Waals surface area contributed by atoms with Gasteiger partial charge in [-0.15, -0.1) is 0 Å². The highest BCUT2D eigenvalue weighted by Crippen LogP contribution is 2.41. The zero-order chi connectivity index (χ0) is 34.6. The summed E-state index contributed by atoms with van der Waals surface area (Å²) in [7, 11) is 1.51. The second-order valence-electron chi connectivity index (χ2n) is 11.5. The molecule has 0 bridgehead atoms. The summed E-state index contributed by atoms with van der Waals surface area (Å²) in [6.45, 7) is 0.103. The Labute approximate surface area is 271 Å². The number of amides is 2. The van der Waals surface area contributed by atoms with Gasteiger partial charge in [0.2, 0.25) is 11.7 Å². The molecule has 2 amide bonds. The molecular weight excluding hydrogens is 642 g/mol. The molecule has 1 aliphatic carbocycles. The monoisotopic (exact) mass is 675 g/mol. The third kappa shape index (κ3) is 8.01. The van der Waals surface area contributed by atoms with Gasteiger partial charge in [0.05, 0.1) is 23.9 Å². The maximum absolute atomic E-state index is 14.4. The van der Waals surface area contributed by atoms with Gasteiger partial charge in [0.15, 0.2) is 0 Å². The number of benzene rings is 2. The SMILES string of the molecule is COCCNc1ccc(-c2ccc(F)c(C(N)=O)c2)c([C@@H](Cc2cc(F)cc(F)c2)NC(=O)C[N+]2=NC(C(F)(F)F)C3=C2CCCC3)n1. The Morgan fingerprint density at radius 1 is 1.04 bits per heavy atom. The van der Waals surface area contributed by atoms with Crippen LogP contribution in [0.25, 0.3) is 11.1 Å². The first-order chi connectivity index (χ1) is 22.8. The fourth-order valence-corrected chi connectivity index (χ4v) is 5.98. The summed E-state index contributed by atoms with van der Waals surface area (Å²) >= 11 is 0. The molecule has 1 aromatic heterocycles. The molecule has 1 aliphatic heterocycles. The Kier molecular flexibility index (Phi) is 10.5. The van der Waals surface area contributed by atoms with Gasteiger partial charge >= 0.3 is 6.18 Å². The summed E-state index contributed by atoms with van der Waals surface area (Å²) in [5.41, 5.74) is 6.38. The first-order valence-corrected chi connectivity index (χ1v) is 15.2. The van der Waals surface area contributed by atoms with E-state index in [1.807, 2.05) is 0 Å². The summed E-state index contributed by atoms with van der Waals surface area (Å²) in [5, 5.41) is 9.69. The maximum Gasteiger partial charge on any atom is 0.420 e. The number of nitrogens with one attached hydrogen (secondary N) is 2. The molecule has 3 aromatic rings. The number of primary amides is 1. The molecule has 2 aliphatic rings. The van der Waals surface area contributed by atoms with Crippen LogP contribution in [0.1, 0.15) is 53.3 Å². The number of rotatable bonds is 12. The van der Waals surface area contributed by atoms with Crippen molar-refractivity contribution in [3.8, 4) is 11.1 Å². The first kappa shape index (κ1) is 34.5. The lowest BCUT2D eigenvalue weighted by Gasteiger charge is -2.22. The number of pyridine rings is 1. The van der Waals surface area contributed by atoms with Crippen LogP contribution in [0.4, 0.5) is 32.2 Å². The molecule has 48 heavy (non-hydrogen) atoms. The molecule has 0 radical (unpaired) electrons. The van der Waals surface area contributed by atoms with E-state index in [1.165, 1.54) is 19.2 Å². The van der Waals surface area contributed by atoms with Gasteiger partial charge in [-0.05, 0) is 78.3 Å². The number of hydrogen-bond acceptors (Lipinski definition) is 6. The minimum Gasteiger partial charge on any atom is -0.383 e. The van der Waals surface area contributed by atoms with Gasteiger partial charge in [-0.1, -0.05) is 10.8 Å². The third-order valence-corrected chi connectivity index (χ3v) is 8.09. The summed E-state index contributed by atoms with van der Waals surface area (Å²) in [4.78, 5) is 30.3. The lowest BCUT2D eigenvalue weighted by Crippen LogP contribution is -2.36. The average Bonchev–Trinajstić information content (AvgIpc) is 3.39. The number of allylic oxidation sites excluding steroid dienone is 1. The van der Waals surface area contributed by atoms with Crippen molar-refractivity contribution in [2.45, 2.75) is 50.4 Å². The number of nitrogens with zero attached hydrogens (tertiary/aromatic N) is 3. The Bertz CT molecular complexity index is 1760. The van der Waals surface area contributed by atoms with Crippen LogP contribution in [0.5, 0.6) is 0 Å². The highest BCUT2D eigenvalue weighted by molar-refractivity contribution is 5.94. The molecule has 0 saturated carbocycles. The second kappa shape index (κ2) is 14.5. The highest BCUT2D eigenvalue weighted by atomic mass is 19.4. The smallest absolute Gasteiger partial charge is 0.383 e. The zero-order valence-electron chi connectivity index (χ0n) is 25.8. The topological polar surface area (TPSA) is 122 Å². The van der Waals surface area contributed by atoms with E-state index < -0.39 is 59.6 Å². The van der Waals surface area contributed by atoms with Crippen LogP contribution in [0.15, 0.2) is 64.9 Å². The van der Waals surface area contributed by atoms with E-state index in [4.69, 9.17) is 10.5 Å². The summed E-state index contributed by atoms with van der Waals surface area (Å²) in [6.07, 6.45) is -3.05. The molecule has 2 atom stereocenters. The quantitative estimate of drug-likeness (QED) is 0.124. The molecular formula is C33H33F6N6O3+. The normalized spacial score (nSPS) is 16.7. The van der Waals surface area contributed by atoms with Crippen LogP contribution in [0.3, 0.4) is 0 Å². The minimum atomic E-state index is -4.62. The Morgan fingerprint density at radius 2 is 1.77 bits per heavy atom. The van der Waals surface area contributed by atoms with Gasteiger partial charge in [-0.2, -0.15) is 13.2 Å². The lowest BCUT2D eigenvalue weighted by atomic mass is 9.92. The molecule has 0 spiro atoms. The summed E-state index contributed by atoms with van der Waals surface area (Å²) < 4.78 is 90.7. The van der Waals surface area contributed by atoms with Crippen LogP contribution in [0.2, 0.25) is 0 Å². The van der Waals surface area contributed by atoms with Crippen LogP contribution in [-0.2, 0) is 16.0 Å². The number of azo groups is 2. The minimum absolute atomic E-state index is 0.139. The molecule has 0 saturated heterocycles. The largest absolute Gasteiger partial charge is 0.420 e. The van der Waals surface area contributed by atoms with Crippen molar-refractivity contribution >= 4 is 17.6 Å². The predicted octanol–water partition coefficient (Wildman–Crippen LogP) is 5.96. The standard InChI is InChI=1S/C33H32F6N6O3/c1-48-11-10-41-28-9-7-22(19-6-8-25(36)24(15-19)32(40)47)30(43-28)26(14-18-12-20(34)16-21(35)13-18)42-29(46)17-45-27-5-3-2-4-23(27)31(44-45)33(37,38)39/h6-9,12-13,15-16,26,31H,2-5,10-11,14,17H2,1H3,(H3-,40,41,42,43,46,47)/p+1/t26-,31?/m1/s1. The average molecular weight is 676 g/mol. The van der Waals surface area contributed by atoms with Crippen molar-refractivity contribution in [3.63, 3.8) is 0 Å². The van der Waals surface area contributed by atoms with Gasteiger partial charge < -0.3 is 21.1 Å². The van der Waals surface area contributed by atoms with Crippen molar-refractivity contribution < 1.29 is 45.4 Å². The van der Waals surface area contributed by atoms with E-state index in [1.54, 1.807) is 12.1 Å². The number of anilines is 1. The van der Waals surface area contributed by atoms with E-state index in [9.17, 15) is 35.9 Å². The number of alkyl halides is 3. The Balaban J connectivity index is 1.57. The fourth-order valence-electron chi connectivity index (χ4n) is 5.98. The van der Waals surface area contributed by atoms with Gasteiger partial charge in [0.1, 0.15) is 23.3 Å². The number of aromatic nitrogens is 1. The van der Waals surface area contributed by atoms with E-state index in [-0.39, 0.29) is 29.7 Å². The lowest BCUT2D eigenvalue weighted by molar-refractivity contribution is -0.536. The van der Waals surface area contributed by atoms with E-state index in [0.29, 0.717) is 61.1 Å². The van der Waals surface area contributed by atoms with E-state index >= 15 is 0 Å². The van der Waals surface area contributed by atoms with Crippen LogP contribution < -0.4 is 16.4 Å². The number of carbonyl (C=O) groups is 2. The van der Waals surface area contributed by atoms with Crippen molar-refractivity contribution in [1.29, 1.82) is 0 Å². The van der Waals surface area contributed by atoms with Gasteiger partial charge in [0, 0.05) is 37.3 Å². The Morgan fingerprint density at radius 3 is 2.46 bits per heavy atom. The van der Waals surface area contributed by atoms with Crippen molar-refractivity contribution in [2.24, 2.45) is 10.8 Å². The van der Waals surface area contributed by atoms with Gasteiger partial charge in [0.25, 0.3) is 18.4 Å². The fraction of sp³-hybridized carbons (Fsp3) is 0.364. The van der Waals surface area contributed by atoms with Crippen LogP contribution in [-0.4, -0.2) is 60.5 Å². The molecule has 1 unspecified atom stereocenters. The number of methoxy groups -OCH3 is 1. The van der Waals surface area contributed by atoms with E-state index in [0.717, 1.165) is 22.9 Å². The number of nitrogens with two attached hydrogens (primary N) is 1. The zero-order valence-corrected chi connectivity index (χ0v) is 25.8. The van der Waals surface area contributed by atoms with Gasteiger partial charge in [-0.25, -0.2) is 18.2 Å². The molecule has 5 rings (SSSR count). The molecule has 4 N–H and O–H groups in total. The molecule has 9 nitrogen and oxygen atoms in total. The van der Waals surface area contributed by atoms with Crippen LogP contribution in [0, 0.1) is 17.5 Å². The second-order valence-corrected chi connectivity index (χ2v) is 11.5. The molecule has 254 valence electrons. The molecule has 15 heteroatoms. The highest BCUT2D eigenvalue weighted by Gasteiger charge is 2.52. The molecule has 0 fully saturated rings. The number of halogens is 6.